The summed E-state index contributed by atoms with van der Waals surface area (Å²) < 4.78 is 90.1. The van der Waals surface area contributed by atoms with Crippen LogP contribution >= 0.6 is 0 Å². The van der Waals surface area contributed by atoms with Gasteiger partial charge in [-0.2, -0.15) is 0 Å². The number of anilines is 1. The Balaban J connectivity index is 1.59. The van der Waals surface area contributed by atoms with Gasteiger partial charge in [0.2, 0.25) is 5.62 Å². The molecule has 0 aliphatic rings. The molecule has 0 unspecified atom stereocenters. The van der Waals surface area contributed by atoms with Crippen molar-refractivity contribution >= 4 is 17.3 Å². The van der Waals surface area contributed by atoms with Crippen LogP contribution in [0.2, 0.25) is 0 Å². The van der Waals surface area contributed by atoms with Crippen molar-refractivity contribution in [2.75, 3.05) is 5.32 Å². The molecule has 0 fully saturated rings. The Morgan fingerprint density at radius 2 is 2.06 bits per heavy atom. The first kappa shape index (κ1) is 13.3. The number of amides is 1. The molecule has 5 rings (SSSR count). The van der Waals surface area contributed by atoms with Gasteiger partial charge >= 0.3 is 0 Å². The smallest absolute Gasteiger partial charge is 0.255 e. The number of hydrogen-bond acceptors (Lipinski definition) is 5. The number of aryl methyl sites for hydroxylation is 3. The topological polar surface area (TPSA) is 101 Å². The predicted octanol–water partition coefficient (Wildman–Crippen LogP) is 5.07. The molecule has 0 aliphatic heterocycles. The third-order valence-electron chi connectivity index (χ3n) is 4.95. The fraction of sp³-hybridized carbons (Fsp3) is 0.107. The van der Waals surface area contributed by atoms with Gasteiger partial charge in [0.1, 0.15) is 1.37 Å². The first-order valence-electron chi connectivity index (χ1n) is 16.1. The number of carbonyl (C=O) groups excluding carboxylic acids is 1. The van der Waals surface area contributed by atoms with Crippen LogP contribution in [0.15, 0.2) is 90.5 Å². The Morgan fingerprint density at radius 3 is 2.89 bits per heavy atom. The van der Waals surface area contributed by atoms with Crippen molar-refractivity contribution in [3.05, 3.63) is 114 Å². The van der Waals surface area contributed by atoms with Crippen LogP contribution in [0.4, 0.5) is 11.4 Å². The van der Waals surface area contributed by atoms with Crippen molar-refractivity contribution < 1.29 is 19.9 Å². The van der Waals surface area contributed by atoms with Gasteiger partial charge in [0, 0.05) is 51.3 Å². The molecule has 2 N–H and O–H groups in total. The second-order valence-corrected chi connectivity index (χ2v) is 7.73. The van der Waals surface area contributed by atoms with Crippen LogP contribution < -0.4 is 10.9 Å². The molecule has 8 heteroatoms. The third kappa shape index (κ3) is 5.12. The fourth-order valence-electron chi connectivity index (χ4n) is 3.34. The maximum Gasteiger partial charge on any atom is 0.255 e. The van der Waals surface area contributed by atoms with Gasteiger partial charge in [-0.1, -0.05) is 6.07 Å². The zero-order valence-electron chi connectivity index (χ0n) is 30.1. The molecule has 0 saturated carbocycles. The van der Waals surface area contributed by atoms with Crippen molar-refractivity contribution in [2.45, 2.75) is 20.7 Å². The van der Waals surface area contributed by atoms with Crippen LogP contribution in [0.5, 0.6) is 0 Å². The van der Waals surface area contributed by atoms with Gasteiger partial charge in [-0.05, 0) is 80.3 Å². The molecule has 0 spiro atoms. The van der Waals surface area contributed by atoms with Gasteiger partial charge in [-0.15, -0.1) is 0 Å². The number of aromatic amines is 1. The molecule has 2 aromatic carbocycles. The van der Waals surface area contributed by atoms with E-state index in [-0.39, 0.29) is 46.2 Å². The average molecular weight is 487 g/mol. The summed E-state index contributed by atoms with van der Waals surface area (Å²) in [5, 5.41) is 2.74. The van der Waals surface area contributed by atoms with E-state index in [1.54, 1.807) is 32.0 Å². The lowest BCUT2D eigenvalue weighted by molar-refractivity contribution is 0.102. The summed E-state index contributed by atoms with van der Waals surface area (Å²) in [6.07, 6.45) is -1.97. The highest BCUT2D eigenvalue weighted by atomic mass is 16.1. The van der Waals surface area contributed by atoms with Crippen molar-refractivity contribution in [3.8, 4) is 16.9 Å². The number of imidazole rings is 1. The summed E-state index contributed by atoms with van der Waals surface area (Å²) in [6.45, 7) is 0.692. The van der Waals surface area contributed by atoms with E-state index in [1.165, 1.54) is 22.8 Å². The summed E-state index contributed by atoms with van der Waals surface area (Å²) in [5.74, 6) is -0.642. The standard InChI is InChI=1S/C28H25N7O/c1-18-11-23(14-24(12-18)35-16-20(3)31-17-35)32-27(36)21-7-6-19(2)26(13-21)34-28-30-10-8-25(33-28)22-5-4-9-29-15-22/h4-17H,1-3H3,(H,32,36)(H,30,33,34)/i2D3,4D,5D,8D,9D,10D,15D,16D,17D. The zero-order valence-corrected chi connectivity index (χ0v) is 19.1. The Bertz CT molecular complexity index is 2160. The lowest BCUT2D eigenvalue weighted by atomic mass is 10.1. The van der Waals surface area contributed by atoms with E-state index >= 15 is 0 Å². The van der Waals surface area contributed by atoms with E-state index in [1.807, 2.05) is 0 Å². The maximum absolute atomic E-state index is 13.4. The lowest BCUT2D eigenvalue weighted by Gasteiger charge is -2.11. The molecule has 36 heavy (non-hydrogen) atoms. The number of pyridine rings is 1. The first-order valence-corrected chi connectivity index (χ1v) is 10.6. The Kier molecular flexibility index (Phi) is 3.62. The Morgan fingerprint density at radius 1 is 1.14 bits per heavy atom. The van der Waals surface area contributed by atoms with Crippen LogP contribution in [-0.4, -0.2) is 30.4 Å². The van der Waals surface area contributed by atoms with Crippen LogP contribution in [0.25, 0.3) is 16.9 Å². The number of hydrogen-bond donors (Lipinski definition) is 2. The summed E-state index contributed by atoms with van der Waals surface area (Å²) in [4.78, 5) is 31.8. The van der Waals surface area contributed by atoms with Crippen LogP contribution in [0, 0.1) is 20.7 Å². The summed E-state index contributed by atoms with van der Waals surface area (Å²) in [5.41, 5.74) is 0.325. The fourth-order valence-corrected chi connectivity index (χ4v) is 3.34. The molecule has 5 aromatic rings. The number of nitrogens with one attached hydrogen (secondary N) is 2. The minimum atomic E-state index is -2.69. The van der Waals surface area contributed by atoms with E-state index in [9.17, 15) is 4.79 Å². The molecular formula is C28H25N7O. The monoisotopic (exact) mass is 486 g/mol. The SMILES string of the molecule is [2H]c1nc(=Nc2cc(C(=O)Nc3cc(C)cc(-n4c([2H])nc(C)c4[2H])c3)ccc2C([2H])([2H])[2H])[nH]c(-c2c([2H])nc([2H])c([2H])c2[2H])c1[2H]. The molecule has 0 bridgehead atoms. The van der Waals surface area contributed by atoms with E-state index in [0.29, 0.717) is 17.1 Å². The molecule has 178 valence electrons. The van der Waals surface area contributed by atoms with Gasteiger partial charge in [-0.25, -0.2) is 15.0 Å². The predicted molar refractivity (Wildman–Crippen MR) is 139 cm³/mol. The van der Waals surface area contributed by atoms with Crippen molar-refractivity contribution in [1.29, 1.82) is 0 Å². The largest absolute Gasteiger partial charge is 0.323 e. The number of H-pyrrole nitrogens is 1. The van der Waals surface area contributed by atoms with E-state index in [0.717, 1.165) is 5.56 Å². The van der Waals surface area contributed by atoms with Crippen LogP contribution in [0.3, 0.4) is 0 Å². The zero-order chi connectivity index (χ0) is 34.5. The van der Waals surface area contributed by atoms with Crippen molar-refractivity contribution in [2.24, 2.45) is 4.99 Å². The average Bonchev–Trinajstić information content (AvgIpc) is 3.23. The number of aromatic nitrogens is 5. The third-order valence-corrected chi connectivity index (χ3v) is 4.95. The van der Waals surface area contributed by atoms with Gasteiger partial charge in [0.15, 0.2) is 0 Å². The quantitative estimate of drug-likeness (QED) is 0.362. The van der Waals surface area contributed by atoms with Gasteiger partial charge in [0.25, 0.3) is 5.91 Å². The van der Waals surface area contributed by atoms with E-state index in [4.69, 9.17) is 15.1 Å². The minimum absolute atomic E-state index is 0.0000426. The number of rotatable bonds is 5. The van der Waals surface area contributed by atoms with Crippen molar-refractivity contribution in [1.82, 2.24) is 24.5 Å². The normalized spacial score (nSPS) is 16.2. The summed E-state index contributed by atoms with van der Waals surface area (Å²) >= 11 is 0. The molecule has 0 atom stereocenters. The molecule has 3 aromatic heterocycles. The van der Waals surface area contributed by atoms with E-state index in [2.05, 4.69) is 30.2 Å². The highest BCUT2D eigenvalue weighted by Gasteiger charge is 2.10. The summed E-state index contributed by atoms with van der Waals surface area (Å²) in [7, 11) is 0. The number of benzene rings is 2. The number of nitrogens with zero attached hydrogens (tertiary/aromatic N) is 5. The Labute approximate surface area is 223 Å². The Hall–Kier alpha value is -4.85. The number of carbonyl (C=O) groups is 1. The molecule has 0 aliphatic carbocycles. The molecule has 8 nitrogen and oxygen atoms in total. The van der Waals surface area contributed by atoms with Gasteiger partial charge in [-0.3, -0.25) is 9.78 Å². The molecule has 3 heterocycles. The minimum Gasteiger partial charge on any atom is -0.323 e. The highest BCUT2D eigenvalue weighted by Crippen LogP contribution is 2.23. The van der Waals surface area contributed by atoms with Crippen molar-refractivity contribution in [3.63, 3.8) is 0 Å². The van der Waals surface area contributed by atoms with Crippen LogP contribution in [-0.2, 0) is 0 Å². The van der Waals surface area contributed by atoms with Gasteiger partial charge in [0.05, 0.1) is 33.0 Å². The second-order valence-electron chi connectivity index (χ2n) is 7.73. The first-order chi connectivity index (χ1) is 22.0. The summed E-state index contributed by atoms with van der Waals surface area (Å²) in [6, 6.07) is 6.92. The highest BCUT2D eigenvalue weighted by molar-refractivity contribution is 6.05. The van der Waals surface area contributed by atoms with Gasteiger partial charge < -0.3 is 14.9 Å². The molecule has 0 saturated heterocycles. The van der Waals surface area contributed by atoms with Crippen LogP contribution in [0.1, 0.15) is 42.3 Å². The molecular weight excluding hydrogens is 450 g/mol. The van der Waals surface area contributed by atoms with E-state index < -0.39 is 49.4 Å². The maximum atomic E-state index is 13.4. The second kappa shape index (κ2) is 9.79. The lowest BCUT2D eigenvalue weighted by Crippen LogP contribution is -2.14. The molecule has 1 amide bonds. The molecule has 0 radical (unpaired) electrons.